The number of carbonyl (C=O) groups is 2. The number of hydrogen-bond acceptors (Lipinski definition) is 5. The zero-order valence-electron chi connectivity index (χ0n) is 18.5. The topological polar surface area (TPSA) is 89.8 Å². The molecule has 33 heavy (non-hydrogen) atoms. The number of alkyl halides is 3. The molecule has 10 heteroatoms. The summed E-state index contributed by atoms with van der Waals surface area (Å²) in [6.45, 7) is 4.81. The molecule has 0 unspecified atom stereocenters. The predicted octanol–water partition coefficient (Wildman–Crippen LogP) is 5.02. The summed E-state index contributed by atoms with van der Waals surface area (Å²) in [5, 5.41) is 11.4. The van der Waals surface area contributed by atoms with Crippen molar-refractivity contribution in [1.82, 2.24) is 0 Å². The van der Waals surface area contributed by atoms with Crippen molar-refractivity contribution in [2.75, 3.05) is 11.4 Å². The van der Waals surface area contributed by atoms with Gasteiger partial charge in [-0.1, -0.05) is 48.0 Å². The Kier molecular flexibility index (Phi) is 5.99. The number of ether oxygens (including phenoxy) is 1. The second-order valence-electron chi connectivity index (χ2n) is 8.92. The molecule has 1 aliphatic rings. The van der Waals surface area contributed by atoms with Crippen LogP contribution in [0.3, 0.4) is 0 Å². The summed E-state index contributed by atoms with van der Waals surface area (Å²) < 4.78 is 48.5. The number of amides is 2. The fourth-order valence-electron chi connectivity index (χ4n) is 4.16. The highest BCUT2D eigenvalue weighted by Crippen LogP contribution is 2.55. The number of hydrogen-bond donors (Lipinski definition) is 0. The van der Waals surface area contributed by atoms with Gasteiger partial charge in [-0.15, -0.1) is 0 Å². The van der Waals surface area contributed by atoms with Crippen LogP contribution in [0.5, 0.6) is 0 Å². The van der Waals surface area contributed by atoms with Crippen molar-refractivity contribution in [3.05, 3.63) is 75.3 Å². The maximum atomic E-state index is 14.4. The number of halogens is 3. The SMILES string of the molecule is Cc1ccc([C@@]2([C@H](C[N+](=O)[O-])C(F)(F)F)C(=O)N(C(=O)OC(C)(C)C)c3ccccc32)cc1. The van der Waals surface area contributed by atoms with Crippen LogP contribution in [0.4, 0.5) is 23.7 Å². The fraction of sp³-hybridized carbons (Fsp3) is 0.391. The summed E-state index contributed by atoms with van der Waals surface area (Å²) in [4.78, 5) is 37.6. The summed E-state index contributed by atoms with van der Waals surface area (Å²) in [7, 11) is 0. The standard InChI is InChI=1S/C23H23F3N2O5/c1-14-9-11-15(12-10-14)22(18(13-27(31)32)23(24,25)26)16-7-5-6-8-17(16)28(19(22)29)20(30)33-21(2,3)4/h5-12,18H,13H2,1-4H3/t18-,22+/m0/s1. The smallest absolute Gasteiger partial charge is 0.421 e. The number of benzene rings is 2. The molecule has 0 radical (unpaired) electrons. The maximum absolute atomic E-state index is 14.4. The lowest BCUT2D eigenvalue weighted by Crippen LogP contribution is -2.55. The Morgan fingerprint density at radius 2 is 1.70 bits per heavy atom. The Hall–Kier alpha value is -3.43. The minimum Gasteiger partial charge on any atom is -0.443 e. The predicted molar refractivity (Wildman–Crippen MR) is 114 cm³/mol. The van der Waals surface area contributed by atoms with Gasteiger partial charge in [-0.05, 0) is 44.9 Å². The van der Waals surface area contributed by atoms with Crippen LogP contribution in [0, 0.1) is 23.0 Å². The summed E-state index contributed by atoms with van der Waals surface area (Å²) in [6.07, 6.45) is -6.29. The molecule has 1 heterocycles. The third-order valence-corrected chi connectivity index (χ3v) is 5.44. The molecule has 0 bridgehead atoms. The molecule has 0 fully saturated rings. The average Bonchev–Trinajstić information content (AvgIpc) is 2.93. The maximum Gasteiger partial charge on any atom is 0.421 e. The van der Waals surface area contributed by atoms with E-state index in [4.69, 9.17) is 4.74 Å². The summed E-state index contributed by atoms with van der Waals surface area (Å²) >= 11 is 0. The number of nitrogens with zero attached hydrogens (tertiary/aromatic N) is 2. The highest BCUT2D eigenvalue weighted by molar-refractivity contribution is 6.22. The summed E-state index contributed by atoms with van der Waals surface area (Å²) in [5.74, 6) is -3.98. The first-order chi connectivity index (χ1) is 15.2. The molecule has 7 nitrogen and oxygen atoms in total. The zero-order valence-corrected chi connectivity index (χ0v) is 18.5. The molecule has 2 atom stereocenters. The van der Waals surface area contributed by atoms with Gasteiger partial charge in [0.25, 0.3) is 5.91 Å². The summed E-state index contributed by atoms with van der Waals surface area (Å²) in [6, 6.07) is 11.2. The largest absolute Gasteiger partial charge is 0.443 e. The number of nitro groups is 1. The Bertz CT molecular complexity index is 1090. The fourth-order valence-corrected chi connectivity index (χ4v) is 4.16. The second kappa shape index (κ2) is 8.17. The van der Waals surface area contributed by atoms with Gasteiger partial charge >= 0.3 is 12.3 Å². The van der Waals surface area contributed by atoms with E-state index in [1.54, 1.807) is 27.7 Å². The number of aryl methyl sites for hydroxylation is 1. The molecule has 0 N–H and O–H groups in total. The number of imide groups is 1. The molecule has 0 saturated carbocycles. The quantitative estimate of drug-likeness (QED) is 0.468. The van der Waals surface area contributed by atoms with Crippen LogP contribution in [-0.4, -0.2) is 35.2 Å². The first-order valence-corrected chi connectivity index (χ1v) is 10.1. The number of anilines is 1. The monoisotopic (exact) mass is 464 g/mol. The minimum atomic E-state index is -5.13. The number of para-hydroxylation sites is 1. The van der Waals surface area contributed by atoms with Crippen molar-refractivity contribution >= 4 is 17.7 Å². The van der Waals surface area contributed by atoms with Crippen LogP contribution in [0.25, 0.3) is 0 Å². The minimum absolute atomic E-state index is 0.0965. The van der Waals surface area contributed by atoms with E-state index in [9.17, 15) is 32.9 Å². The lowest BCUT2D eigenvalue weighted by Gasteiger charge is -2.36. The summed E-state index contributed by atoms with van der Waals surface area (Å²) in [5.41, 5.74) is -3.21. The van der Waals surface area contributed by atoms with Gasteiger partial charge in [0.1, 0.15) is 16.9 Å². The lowest BCUT2D eigenvalue weighted by molar-refractivity contribution is -0.499. The molecule has 2 aromatic carbocycles. The molecule has 0 aliphatic carbocycles. The van der Waals surface area contributed by atoms with Crippen molar-refractivity contribution in [1.29, 1.82) is 0 Å². The van der Waals surface area contributed by atoms with Crippen LogP contribution in [0.15, 0.2) is 48.5 Å². The van der Waals surface area contributed by atoms with Crippen LogP contribution >= 0.6 is 0 Å². The van der Waals surface area contributed by atoms with Gasteiger partial charge in [0.05, 0.1) is 5.69 Å². The van der Waals surface area contributed by atoms with Crippen molar-refractivity contribution in [2.24, 2.45) is 5.92 Å². The van der Waals surface area contributed by atoms with Crippen LogP contribution in [0.1, 0.15) is 37.5 Å². The number of fused-ring (bicyclic) bond motifs is 1. The highest BCUT2D eigenvalue weighted by atomic mass is 19.4. The van der Waals surface area contributed by atoms with Crippen molar-refractivity contribution in [3.8, 4) is 0 Å². The van der Waals surface area contributed by atoms with E-state index in [-0.39, 0.29) is 16.8 Å². The Labute approximate surface area is 188 Å². The molecule has 3 rings (SSSR count). The zero-order chi connectivity index (χ0) is 24.8. The Morgan fingerprint density at radius 3 is 2.21 bits per heavy atom. The highest BCUT2D eigenvalue weighted by Gasteiger charge is 2.67. The van der Waals surface area contributed by atoms with E-state index in [0.717, 1.165) is 5.56 Å². The molecule has 0 spiro atoms. The number of rotatable bonds is 4. The van der Waals surface area contributed by atoms with Gasteiger partial charge in [-0.2, -0.15) is 13.2 Å². The van der Waals surface area contributed by atoms with E-state index in [1.807, 2.05) is 0 Å². The Balaban J connectivity index is 2.38. The molecule has 2 aromatic rings. The van der Waals surface area contributed by atoms with Gasteiger partial charge < -0.3 is 4.74 Å². The third-order valence-electron chi connectivity index (χ3n) is 5.44. The van der Waals surface area contributed by atoms with E-state index < -0.39 is 46.6 Å². The molecular formula is C23H23F3N2O5. The van der Waals surface area contributed by atoms with Gasteiger partial charge in [-0.3, -0.25) is 14.9 Å². The van der Waals surface area contributed by atoms with Crippen LogP contribution < -0.4 is 4.90 Å². The Morgan fingerprint density at radius 1 is 1.12 bits per heavy atom. The number of carbonyl (C=O) groups excluding carboxylic acids is 2. The van der Waals surface area contributed by atoms with E-state index in [1.165, 1.54) is 48.5 Å². The van der Waals surface area contributed by atoms with Crippen LogP contribution in [-0.2, 0) is 14.9 Å². The van der Waals surface area contributed by atoms with Gasteiger partial charge in [0, 0.05) is 4.92 Å². The molecular weight excluding hydrogens is 441 g/mol. The lowest BCUT2D eigenvalue weighted by atomic mass is 9.65. The van der Waals surface area contributed by atoms with Crippen LogP contribution in [0.2, 0.25) is 0 Å². The molecule has 2 amide bonds. The van der Waals surface area contributed by atoms with Gasteiger partial charge in [0.2, 0.25) is 6.54 Å². The average molecular weight is 464 g/mol. The first-order valence-electron chi connectivity index (χ1n) is 10.1. The third kappa shape index (κ3) is 4.29. The van der Waals surface area contributed by atoms with Crippen molar-refractivity contribution in [3.63, 3.8) is 0 Å². The van der Waals surface area contributed by atoms with E-state index in [2.05, 4.69) is 0 Å². The molecule has 176 valence electrons. The van der Waals surface area contributed by atoms with Gasteiger partial charge in [-0.25, -0.2) is 9.69 Å². The normalized spacial score (nSPS) is 19.2. The van der Waals surface area contributed by atoms with Crippen molar-refractivity contribution < 1.29 is 32.4 Å². The molecule has 0 saturated heterocycles. The molecule has 1 aliphatic heterocycles. The van der Waals surface area contributed by atoms with E-state index in [0.29, 0.717) is 4.90 Å². The van der Waals surface area contributed by atoms with Crippen molar-refractivity contribution in [2.45, 2.75) is 44.9 Å². The van der Waals surface area contributed by atoms with E-state index >= 15 is 0 Å². The van der Waals surface area contributed by atoms with Gasteiger partial charge in [0.15, 0.2) is 0 Å². The first kappa shape index (κ1) is 24.2. The molecule has 0 aromatic heterocycles. The second-order valence-corrected chi connectivity index (χ2v) is 8.92.